The van der Waals surface area contributed by atoms with Gasteiger partial charge in [0.25, 0.3) is 11.9 Å². The van der Waals surface area contributed by atoms with Gasteiger partial charge in [0.15, 0.2) is 0 Å². The molecule has 20 heavy (non-hydrogen) atoms. The summed E-state index contributed by atoms with van der Waals surface area (Å²) in [6.45, 7) is 14.0. The zero-order chi connectivity index (χ0) is 16.0. The number of carbonyl (C=O) groups is 2. The molecule has 0 bridgehead atoms. The SMILES string of the molecule is CC(CCCC(=O)O[Si](C)(C)C)CC(=O)O[Si](C)(C)C. The van der Waals surface area contributed by atoms with Crippen LogP contribution in [-0.4, -0.2) is 28.6 Å². The highest BCUT2D eigenvalue weighted by Crippen LogP contribution is 2.16. The zero-order valence-corrected chi connectivity index (χ0v) is 16.0. The second-order valence-corrected chi connectivity index (χ2v) is 16.2. The molecule has 6 heteroatoms. The quantitative estimate of drug-likeness (QED) is 0.636. The molecule has 0 aliphatic carbocycles. The van der Waals surface area contributed by atoms with E-state index in [0.29, 0.717) is 12.8 Å². The smallest absolute Gasteiger partial charge is 0.292 e. The first-order valence-corrected chi connectivity index (χ1v) is 14.1. The van der Waals surface area contributed by atoms with Gasteiger partial charge in [0, 0.05) is 12.8 Å². The molecule has 0 aliphatic rings. The van der Waals surface area contributed by atoms with Gasteiger partial charge in [-0.1, -0.05) is 6.92 Å². The molecule has 0 heterocycles. The van der Waals surface area contributed by atoms with Gasteiger partial charge >= 0.3 is 0 Å². The Morgan fingerprint density at radius 1 is 0.900 bits per heavy atom. The van der Waals surface area contributed by atoms with E-state index in [9.17, 15) is 9.59 Å². The van der Waals surface area contributed by atoms with E-state index < -0.39 is 16.6 Å². The Balaban J connectivity index is 3.87. The fourth-order valence-electron chi connectivity index (χ4n) is 1.76. The summed E-state index contributed by atoms with van der Waals surface area (Å²) in [6.07, 6.45) is 2.50. The van der Waals surface area contributed by atoms with E-state index in [1.165, 1.54) is 0 Å². The number of rotatable bonds is 8. The lowest BCUT2D eigenvalue weighted by atomic mass is 10.0. The van der Waals surface area contributed by atoms with Crippen molar-refractivity contribution >= 4 is 28.6 Å². The van der Waals surface area contributed by atoms with E-state index in [2.05, 4.69) is 0 Å². The molecule has 1 atom stereocenters. The Morgan fingerprint density at radius 2 is 1.35 bits per heavy atom. The lowest BCUT2D eigenvalue weighted by Gasteiger charge is -2.19. The normalized spacial score (nSPS) is 13.8. The first kappa shape index (κ1) is 19.4. The molecule has 0 aliphatic heterocycles. The molecule has 1 unspecified atom stereocenters. The lowest BCUT2D eigenvalue weighted by Crippen LogP contribution is -2.30. The summed E-state index contributed by atoms with van der Waals surface area (Å²) in [4.78, 5) is 23.3. The third-order valence-corrected chi connectivity index (χ3v) is 4.11. The van der Waals surface area contributed by atoms with Crippen molar-refractivity contribution in [2.75, 3.05) is 0 Å². The monoisotopic (exact) mass is 318 g/mol. The molecule has 0 aromatic heterocycles. The van der Waals surface area contributed by atoms with Crippen LogP contribution in [0, 0.1) is 5.92 Å². The van der Waals surface area contributed by atoms with Crippen LogP contribution in [0.1, 0.15) is 32.6 Å². The summed E-state index contributed by atoms with van der Waals surface area (Å²) in [5.41, 5.74) is 0. The van der Waals surface area contributed by atoms with E-state index in [0.717, 1.165) is 12.8 Å². The van der Waals surface area contributed by atoms with E-state index >= 15 is 0 Å². The summed E-state index contributed by atoms with van der Waals surface area (Å²) in [6, 6.07) is 0. The Kier molecular flexibility index (Phi) is 7.72. The highest BCUT2D eigenvalue weighted by molar-refractivity contribution is 6.71. The summed E-state index contributed by atoms with van der Waals surface area (Å²) in [5.74, 6) is 0.0286. The van der Waals surface area contributed by atoms with Crippen molar-refractivity contribution in [2.45, 2.75) is 71.9 Å². The molecule has 0 saturated heterocycles. The molecule has 118 valence electrons. The fraction of sp³-hybridized carbons (Fsp3) is 0.857. The Morgan fingerprint density at radius 3 is 1.80 bits per heavy atom. The minimum absolute atomic E-state index is 0.110. The van der Waals surface area contributed by atoms with Crippen molar-refractivity contribution < 1.29 is 18.4 Å². The standard InChI is InChI=1S/C14H30O4Si2/c1-12(11-14(16)18-20(5,6)7)9-8-10-13(15)17-19(2,3)4/h12H,8-11H2,1-7H3. The van der Waals surface area contributed by atoms with Crippen molar-refractivity contribution in [2.24, 2.45) is 5.92 Å². The Bertz CT molecular complexity index is 329. The summed E-state index contributed by atoms with van der Waals surface area (Å²) >= 11 is 0. The molecular weight excluding hydrogens is 288 g/mol. The molecule has 0 amide bonds. The van der Waals surface area contributed by atoms with Crippen molar-refractivity contribution in [3.63, 3.8) is 0 Å². The van der Waals surface area contributed by atoms with E-state index in [1.807, 2.05) is 46.2 Å². The van der Waals surface area contributed by atoms with E-state index in [4.69, 9.17) is 8.85 Å². The van der Waals surface area contributed by atoms with Crippen LogP contribution in [0.5, 0.6) is 0 Å². The van der Waals surface area contributed by atoms with Crippen LogP contribution in [0.25, 0.3) is 0 Å². The minimum Gasteiger partial charge on any atom is -0.520 e. The Labute approximate surface area is 125 Å². The van der Waals surface area contributed by atoms with Gasteiger partial charge in [-0.25, -0.2) is 0 Å². The average molecular weight is 319 g/mol. The summed E-state index contributed by atoms with van der Waals surface area (Å²) < 4.78 is 10.8. The van der Waals surface area contributed by atoms with Gasteiger partial charge in [-0.15, -0.1) is 0 Å². The molecule has 0 aromatic rings. The summed E-state index contributed by atoms with van der Waals surface area (Å²) in [7, 11) is -3.55. The van der Waals surface area contributed by atoms with E-state index in [-0.39, 0.29) is 17.9 Å². The molecule has 0 fully saturated rings. The van der Waals surface area contributed by atoms with Crippen molar-refractivity contribution in [3.8, 4) is 0 Å². The van der Waals surface area contributed by atoms with Crippen molar-refractivity contribution in [1.82, 2.24) is 0 Å². The molecule has 0 radical (unpaired) electrons. The molecule has 4 nitrogen and oxygen atoms in total. The van der Waals surface area contributed by atoms with Gasteiger partial charge in [0.05, 0.1) is 0 Å². The van der Waals surface area contributed by atoms with Crippen LogP contribution in [0.3, 0.4) is 0 Å². The van der Waals surface area contributed by atoms with Crippen LogP contribution in [0.4, 0.5) is 0 Å². The topological polar surface area (TPSA) is 52.6 Å². The van der Waals surface area contributed by atoms with Gasteiger partial charge < -0.3 is 8.85 Å². The average Bonchev–Trinajstić information content (AvgIpc) is 2.10. The van der Waals surface area contributed by atoms with Crippen LogP contribution >= 0.6 is 0 Å². The second-order valence-electron chi connectivity index (χ2n) is 7.37. The van der Waals surface area contributed by atoms with Gasteiger partial charge in [0.2, 0.25) is 16.6 Å². The summed E-state index contributed by atoms with van der Waals surface area (Å²) in [5, 5.41) is 0. The predicted octanol–water partition coefficient (Wildman–Crippen LogP) is 3.94. The molecule has 0 spiro atoms. The first-order valence-electron chi connectivity index (χ1n) is 7.33. The van der Waals surface area contributed by atoms with Crippen LogP contribution < -0.4 is 0 Å². The van der Waals surface area contributed by atoms with Gasteiger partial charge in [-0.3, -0.25) is 9.59 Å². The minimum atomic E-state index is -1.78. The molecule has 0 N–H and O–H groups in total. The van der Waals surface area contributed by atoms with Crippen LogP contribution in [-0.2, 0) is 18.4 Å². The third-order valence-electron chi connectivity index (χ3n) is 2.43. The molecule has 0 aromatic carbocycles. The number of carbonyl (C=O) groups excluding carboxylic acids is 2. The number of hydrogen-bond donors (Lipinski definition) is 0. The maximum atomic E-state index is 11.7. The predicted molar refractivity (Wildman–Crippen MR) is 86.5 cm³/mol. The number of hydrogen-bond acceptors (Lipinski definition) is 4. The maximum absolute atomic E-state index is 11.7. The maximum Gasteiger partial charge on any atom is 0.292 e. The highest BCUT2D eigenvalue weighted by Gasteiger charge is 2.22. The van der Waals surface area contributed by atoms with Crippen molar-refractivity contribution in [3.05, 3.63) is 0 Å². The third kappa shape index (κ3) is 12.4. The highest BCUT2D eigenvalue weighted by atomic mass is 28.4. The van der Waals surface area contributed by atoms with E-state index in [1.54, 1.807) is 0 Å². The largest absolute Gasteiger partial charge is 0.520 e. The van der Waals surface area contributed by atoms with Crippen LogP contribution in [0.15, 0.2) is 0 Å². The van der Waals surface area contributed by atoms with Gasteiger partial charge in [-0.05, 0) is 58.0 Å². The Hall–Kier alpha value is -0.626. The lowest BCUT2D eigenvalue weighted by molar-refractivity contribution is -0.136. The van der Waals surface area contributed by atoms with Gasteiger partial charge in [-0.2, -0.15) is 0 Å². The van der Waals surface area contributed by atoms with Crippen molar-refractivity contribution in [1.29, 1.82) is 0 Å². The van der Waals surface area contributed by atoms with Crippen LogP contribution in [0.2, 0.25) is 39.3 Å². The fourth-order valence-corrected chi connectivity index (χ4v) is 3.31. The molecular formula is C14H30O4Si2. The van der Waals surface area contributed by atoms with Gasteiger partial charge in [0.1, 0.15) is 0 Å². The first-order chi connectivity index (χ1) is 8.89. The molecule has 0 rings (SSSR count). The molecule has 0 saturated carbocycles. The second kappa shape index (κ2) is 7.97. The zero-order valence-electron chi connectivity index (χ0n) is 14.0.